The molecule has 1 atom stereocenters. The SMILES string of the molecule is COc1ccc(NCC(O)c2ccc(C#N)cc2)cc1Br. The van der Waals surface area contributed by atoms with Crippen molar-refractivity contribution in [3.8, 4) is 11.8 Å². The van der Waals surface area contributed by atoms with E-state index < -0.39 is 6.10 Å². The molecule has 0 spiro atoms. The van der Waals surface area contributed by atoms with E-state index in [4.69, 9.17) is 10.00 Å². The second-order valence-corrected chi connectivity index (χ2v) is 5.33. The molecule has 0 aliphatic carbocycles. The van der Waals surface area contributed by atoms with Gasteiger partial charge in [0.15, 0.2) is 0 Å². The molecule has 0 amide bonds. The normalized spacial score (nSPS) is 11.5. The third-order valence-electron chi connectivity index (χ3n) is 3.08. The molecular weight excluding hydrogens is 332 g/mol. The Labute approximate surface area is 132 Å². The van der Waals surface area contributed by atoms with E-state index in [-0.39, 0.29) is 0 Å². The van der Waals surface area contributed by atoms with Gasteiger partial charge in [0.05, 0.1) is 29.3 Å². The number of methoxy groups -OCH3 is 1. The minimum absolute atomic E-state index is 0.380. The first-order valence-electron chi connectivity index (χ1n) is 6.39. The molecule has 21 heavy (non-hydrogen) atoms. The van der Waals surface area contributed by atoms with Crippen molar-refractivity contribution >= 4 is 21.6 Å². The number of rotatable bonds is 5. The van der Waals surface area contributed by atoms with E-state index in [2.05, 4.69) is 27.3 Å². The Morgan fingerprint density at radius 1 is 1.29 bits per heavy atom. The number of hydrogen-bond acceptors (Lipinski definition) is 4. The van der Waals surface area contributed by atoms with Crippen molar-refractivity contribution in [1.82, 2.24) is 0 Å². The summed E-state index contributed by atoms with van der Waals surface area (Å²) in [7, 11) is 1.61. The molecule has 1 unspecified atom stereocenters. The maximum Gasteiger partial charge on any atom is 0.133 e. The Morgan fingerprint density at radius 3 is 2.57 bits per heavy atom. The molecule has 2 aromatic carbocycles. The molecule has 0 fully saturated rings. The van der Waals surface area contributed by atoms with Crippen LogP contribution in [0, 0.1) is 11.3 Å². The van der Waals surface area contributed by atoms with Gasteiger partial charge in [0.1, 0.15) is 5.75 Å². The molecule has 2 rings (SSSR count). The van der Waals surface area contributed by atoms with Gasteiger partial charge < -0.3 is 15.2 Å². The van der Waals surface area contributed by atoms with Crippen molar-refractivity contribution in [3.05, 3.63) is 58.1 Å². The van der Waals surface area contributed by atoms with Gasteiger partial charge in [-0.25, -0.2) is 0 Å². The summed E-state index contributed by atoms with van der Waals surface area (Å²) in [5.41, 5.74) is 2.24. The number of nitrogens with one attached hydrogen (secondary N) is 1. The summed E-state index contributed by atoms with van der Waals surface area (Å²) >= 11 is 3.42. The van der Waals surface area contributed by atoms with Gasteiger partial charge in [-0.1, -0.05) is 12.1 Å². The van der Waals surface area contributed by atoms with Crippen LogP contribution in [0.1, 0.15) is 17.2 Å². The molecule has 108 valence electrons. The second kappa shape index (κ2) is 7.11. The van der Waals surface area contributed by atoms with E-state index in [1.165, 1.54) is 0 Å². The van der Waals surface area contributed by atoms with Crippen LogP contribution in [0.5, 0.6) is 5.75 Å². The summed E-state index contributed by atoms with van der Waals surface area (Å²) in [6.07, 6.45) is -0.640. The van der Waals surface area contributed by atoms with Gasteiger partial charge >= 0.3 is 0 Å². The molecule has 0 saturated heterocycles. The molecule has 4 nitrogen and oxygen atoms in total. The molecule has 0 bridgehead atoms. The lowest BCUT2D eigenvalue weighted by molar-refractivity contribution is 0.191. The summed E-state index contributed by atoms with van der Waals surface area (Å²) in [5, 5.41) is 22.0. The van der Waals surface area contributed by atoms with Gasteiger partial charge in [-0.05, 0) is 51.8 Å². The highest BCUT2D eigenvalue weighted by atomic mass is 79.9. The molecule has 2 N–H and O–H groups in total. The van der Waals surface area contributed by atoms with Crippen LogP contribution in [0.4, 0.5) is 5.69 Å². The number of ether oxygens (including phenoxy) is 1. The second-order valence-electron chi connectivity index (χ2n) is 4.48. The molecule has 0 saturated carbocycles. The van der Waals surface area contributed by atoms with E-state index in [1.807, 2.05) is 18.2 Å². The smallest absolute Gasteiger partial charge is 0.133 e. The number of aliphatic hydroxyl groups is 1. The maximum absolute atomic E-state index is 10.1. The van der Waals surface area contributed by atoms with Crippen LogP contribution in [0.3, 0.4) is 0 Å². The zero-order valence-corrected chi connectivity index (χ0v) is 13.1. The fourth-order valence-electron chi connectivity index (χ4n) is 1.89. The lowest BCUT2D eigenvalue weighted by Gasteiger charge is -2.14. The number of hydrogen-bond donors (Lipinski definition) is 2. The zero-order valence-electron chi connectivity index (χ0n) is 11.5. The molecule has 0 aliphatic heterocycles. The third kappa shape index (κ3) is 3.97. The van der Waals surface area contributed by atoms with E-state index in [9.17, 15) is 5.11 Å². The van der Waals surface area contributed by atoms with Crippen LogP contribution in [-0.2, 0) is 0 Å². The average molecular weight is 347 g/mol. The number of nitrogens with zero attached hydrogens (tertiary/aromatic N) is 1. The average Bonchev–Trinajstić information content (AvgIpc) is 2.52. The Balaban J connectivity index is 1.98. The number of anilines is 1. The Morgan fingerprint density at radius 2 is 2.00 bits per heavy atom. The quantitative estimate of drug-likeness (QED) is 0.869. The number of benzene rings is 2. The standard InChI is InChI=1S/C16H15BrN2O2/c1-21-16-7-6-13(8-14(16)17)19-10-15(20)12-4-2-11(9-18)3-5-12/h2-8,15,19-20H,10H2,1H3. The minimum atomic E-state index is -0.640. The lowest BCUT2D eigenvalue weighted by atomic mass is 10.1. The van der Waals surface area contributed by atoms with E-state index in [0.29, 0.717) is 12.1 Å². The topological polar surface area (TPSA) is 65.3 Å². The van der Waals surface area contributed by atoms with Gasteiger partial charge in [0.2, 0.25) is 0 Å². The molecule has 0 aromatic heterocycles. The summed E-state index contributed by atoms with van der Waals surface area (Å²) in [6, 6.07) is 14.6. The fraction of sp³-hybridized carbons (Fsp3) is 0.188. The first kappa shape index (κ1) is 15.4. The lowest BCUT2D eigenvalue weighted by Crippen LogP contribution is -2.12. The summed E-state index contributed by atoms with van der Waals surface area (Å²) in [6.45, 7) is 0.380. The Kier molecular flexibility index (Phi) is 5.20. The van der Waals surface area contributed by atoms with Crippen molar-refractivity contribution in [2.24, 2.45) is 0 Å². The minimum Gasteiger partial charge on any atom is -0.496 e. The molecule has 0 heterocycles. The molecule has 0 radical (unpaired) electrons. The van der Waals surface area contributed by atoms with Crippen LogP contribution < -0.4 is 10.1 Å². The highest BCUT2D eigenvalue weighted by Gasteiger charge is 2.08. The van der Waals surface area contributed by atoms with Gasteiger partial charge in [-0.15, -0.1) is 0 Å². The molecule has 5 heteroatoms. The number of aliphatic hydroxyl groups excluding tert-OH is 1. The first-order valence-corrected chi connectivity index (χ1v) is 7.19. The predicted molar refractivity (Wildman–Crippen MR) is 85.3 cm³/mol. The van der Waals surface area contributed by atoms with Crippen molar-refractivity contribution in [2.45, 2.75) is 6.10 Å². The monoisotopic (exact) mass is 346 g/mol. The van der Waals surface area contributed by atoms with E-state index >= 15 is 0 Å². The zero-order chi connectivity index (χ0) is 15.2. The highest BCUT2D eigenvalue weighted by Crippen LogP contribution is 2.28. The summed E-state index contributed by atoms with van der Waals surface area (Å²) < 4.78 is 6.02. The van der Waals surface area contributed by atoms with Gasteiger partial charge in [-0.2, -0.15) is 5.26 Å². The van der Waals surface area contributed by atoms with E-state index in [0.717, 1.165) is 21.5 Å². The molecular formula is C16H15BrN2O2. The van der Waals surface area contributed by atoms with Crippen molar-refractivity contribution in [1.29, 1.82) is 5.26 Å². The summed E-state index contributed by atoms with van der Waals surface area (Å²) in [4.78, 5) is 0. The van der Waals surface area contributed by atoms with Crippen LogP contribution in [0.15, 0.2) is 46.9 Å². The Bertz CT molecular complexity index is 650. The first-order chi connectivity index (χ1) is 10.1. The number of nitriles is 1. The van der Waals surface area contributed by atoms with Crippen molar-refractivity contribution in [2.75, 3.05) is 19.0 Å². The fourth-order valence-corrected chi connectivity index (χ4v) is 2.43. The molecule has 0 aliphatic rings. The van der Waals surface area contributed by atoms with Gasteiger partial charge in [0.25, 0.3) is 0 Å². The predicted octanol–water partition coefficient (Wildman–Crippen LogP) is 3.47. The van der Waals surface area contributed by atoms with Crippen LogP contribution in [0.2, 0.25) is 0 Å². The van der Waals surface area contributed by atoms with Crippen molar-refractivity contribution < 1.29 is 9.84 Å². The van der Waals surface area contributed by atoms with Crippen LogP contribution in [0.25, 0.3) is 0 Å². The maximum atomic E-state index is 10.1. The van der Waals surface area contributed by atoms with E-state index in [1.54, 1.807) is 31.4 Å². The summed E-state index contributed by atoms with van der Waals surface area (Å²) in [5.74, 6) is 0.758. The highest BCUT2D eigenvalue weighted by molar-refractivity contribution is 9.10. The largest absolute Gasteiger partial charge is 0.496 e. The molecule has 2 aromatic rings. The van der Waals surface area contributed by atoms with Crippen LogP contribution >= 0.6 is 15.9 Å². The van der Waals surface area contributed by atoms with Crippen molar-refractivity contribution in [3.63, 3.8) is 0 Å². The Hall–Kier alpha value is -2.03. The van der Waals surface area contributed by atoms with Gasteiger partial charge in [-0.3, -0.25) is 0 Å². The number of halogens is 1. The third-order valence-corrected chi connectivity index (χ3v) is 3.70. The van der Waals surface area contributed by atoms with Gasteiger partial charge in [0, 0.05) is 12.2 Å². The van der Waals surface area contributed by atoms with Crippen LogP contribution in [-0.4, -0.2) is 18.8 Å².